The first-order chi connectivity index (χ1) is 11.6. The van der Waals surface area contributed by atoms with Crippen LogP contribution in [0.25, 0.3) is 0 Å². The van der Waals surface area contributed by atoms with Crippen LogP contribution in [0.1, 0.15) is 30.1 Å². The zero-order chi connectivity index (χ0) is 19.0. The topological polar surface area (TPSA) is 52.7 Å². The van der Waals surface area contributed by atoms with E-state index in [0.29, 0.717) is 5.56 Å². The van der Waals surface area contributed by atoms with E-state index >= 15 is 0 Å². The van der Waals surface area contributed by atoms with E-state index in [0.717, 1.165) is 30.0 Å². The Kier molecular flexibility index (Phi) is 7.73. The van der Waals surface area contributed by atoms with Crippen LogP contribution in [0.5, 0.6) is 0 Å². The third kappa shape index (κ3) is 7.45. The predicted molar refractivity (Wildman–Crippen MR) is 90.6 cm³/mol. The highest BCUT2D eigenvalue weighted by Crippen LogP contribution is 2.15. The van der Waals surface area contributed by atoms with Gasteiger partial charge < -0.3 is 15.1 Å². The average molecular weight is 359 g/mol. The summed E-state index contributed by atoms with van der Waals surface area (Å²) in [6.45, 7) is 1.17. The Bertz CT molecular complexity index is 573. The molecular weight excluding hydrogens is 335 g/mol. The van der Waals surface area contributed by atoms with E-state index in [1.807, 2.05) is 7.05 Å². The molecule has 25 heavy (non-hydrogen) atoms. The summed E-state index contributed by atoms with van der Waals surface area (Å²) in [6, 6.07) is 6.90. The Balaban J connectivity index is 2.59. The van der Waals surface area contributed by atoms with Gasteiger partial charge in [0.15, 0.2) is 0 Å². The molecule has 0 saturated heterocycles. The van der Waals surface area contributed by atoms with Gasteiger partial charge in [0.25, 0.3) is 5.91 Å². The van der Waals surface area contributed by atoms with E-state index in [1.54, 1.807) is 29.6 Å². The number of rotatable bonds is 8. The summed E-state index contributed by atoms with van der Waals surface area (Å²) in [6.07, 6.45) is -2.33. The fourth-order valence-corrected chi connectivity index (χ4v) is 2.15. The third-order valence-electron chi connectivity index (χ3n) is 3.62. The standard InChI is InChI=1S/C17H24F3N3O2/c1-4-5-10-22(2)14-8-6-13(7-9-14)16(25)23(3)11-15(24)21-12-17(18,19)20/h6-9H,4-5,10-12H2,1-3H3,(H,21,24). The van der Waals surface area contributed by atoms with Crippen molar-refractivity contribution in [3.05, 3.63) is 29.8 Å². The maximum atomic E-state index is 12.2. The van der Waals surface area contributed by atoms with E-state index in [9.17, 15) is 22.8 Å². The summed E-state index contributed by atoms with van der Waals surface area (Å²) >= 11 is 0. The smallest absolute Gasteiger partial charge is 0.375 e. The van der Waals surface area contributed by atoms with Crippen molar-refractivity contribution in [2.24, 2.45) is 0 Å². The molecule has 0 spiro atoms. The monoisotopic (exact) mass is 359 g/mol. The molecule has 1 aromatic rings. The highest BCUT2D eigenvalue weighted by Gasteiger charge is 2.28. The largest absolute Gasteiger partial charge is 0.405 e. The van der Waals surface area contributed by atoms with Crippen molar-refractivity contribution in [2.75, 3.05) is 38.6 Å². The number of carbonyl (C=O) groups excluding carboxylic acids is 2. The van der Waals surface area contributed by atoms with Gasteiger partial charge in [-0.2, -0.15) is 13.2 Å². The van der Waals surface area contributed by atoms with E-state index < -0.39 is 31.1 Å². The Morgan fingerprint density at radius 2 is 1.72 bits per heavy atom. The predicted octanol–water partition coefficient (Wildman–Crippen LogP) is 2.67. The second-order valence-corrected chi connectivity index (χ2v) is 5.88. The molecule has 140 valence electrons. The average Bonchev–Trinajstić information content (AvgIpc) is 2.56. The summed E-state index contributed by atoms with van der Waals surface area (Å²) in [4.78, 5) is 26.9. The first-order valence-corrected chi connectivity index (χ1v) is 8.04. The molecule has 0 aliphatic carbocycles. The molecular formula is C17H24F3N3O2. The van der Waals surface area contributed by atoms with Crippen molar-refractivity contribution < 1.29 is 22.8 Å². The Labute approximate surface area is 145 Å². The number of unbranched alkanes of at least 4 members (excludes halogenated alkanes) is 1. The number of benzene rings is 1. The van der Waals surface area contributed by atoms with Gasteiger partial charge in [0.2, 0.25) is 5.91 Å². The minimum Gasteiger partial charge on any atom is -0.375 e. The fourth-order valence-electron chi connectivity index (χ4n) is 2.15. The van der Waals surface area contributed by atoms with Crippen LogP contribution in [-0.2, 0) is 4.79 Å². The quantitative estimate of drug-likeness (QED) is 0.776. The van der Waals surface area contributed by atoms with Gasteiger partial charge in [0, 0.05) is 31.9 Å². The number of nitrogens with one attached hydrogen (secondary N) is 1. The molecule has 0 radical (unpaired) electrons. The molecule has 2 amide bonds. The van der Waals surface area contributed by atoms with Gasteiger partial charge >= 0.3 is 6.18 Å². The van der Waals surface area contributed by atoms with Gasteiger partial charge in [-0.3, -0.25) is 9.59 Å². The van der Waals surface area contributed by atoms with Crippen LogP contribution >= 0.6 is 0 Å². The van der Waals surface area contributed by atoms with Crippen LogP contribution in [0.15, 0.2) is 24.3 Å². The third-order valence-corrected chi connectivity index (χ3v) is 3.62. The second-order valence-electron chi connectivity index (χ2n) is 5.88. The molecule has 5 nitrogen and oxygen atoms in total. The van der Waals surface area contributed by atoms with Crippen LogP contribution in [0.3, 0.4) is 0 Å². The molecule has 1 aromatic carbocycles. The van der Waals surface area contributed by atoms with Gasteiger partial charge in [-0.05, 0) is 30.7 Å². The molecule has 1 rings (SSSR count). The second kappa shape index (κ2) is 9.29. The molecule has 0 atom stereocenters. The van der Waals surface area contributed by atoms with E-state index in [4.69, 9.17) is 0 Å². The van der Waals surface area contributed by atoms with Crippen molar-refractivity contribution >= 4 is 17.5 Å². The van der Waals surface area contributed by atoms with Crippen molar-refractivity contribution in [1.82, 2.24) is 10.2 Å². The Morgan fingerprint density at radius 1 is 1.12 bits per heavy atom. The number of alkyl halides is 3. The molecule has 0 aromatic heterocycles. The number of hydrogen-bond donors (Lipinski definition) is 1. The minimum atomic E-state index is -4.47. The maximum absolute atomic E-state index is 12.2. The van der Waals surface area contributed by atoms with E-state index in [1.165, 1.54) is 7.05 Å². The maximum Gasteiger partial charge on any atom is 0.405 e. The molecule has 8 heteroatoms. The lowest BCUT2D eigenvalue weighted by atomic mass is 10.1. The summed E-state index contributed by atoms with van der Waals surface area (Å²) in [7, 11) is 3.33. The number of carbonyl (C=O) groups is 2. The zero-order valence-corrected chi connectivity index (χ0v) is 14.7. The zero-order valence-electron chi connectivity index (χ0n) is 14.7. The van der Waals surface area contributed by atoms with Gasteiger partial charge in [-0.1, -0.05) is 13.3 Å². The van der Waals surface area contributed by atoms with Gasteiger partial charge in [-0.15, -0.1) is 0 Å². The van der Waals surface area contributed by atoms with Gasteiger partial charge in [0.1, 0.15) is 6.54 Å². The van der Waals surface area contributed by atoms with Crippen LogP contribution in [-0.4, -0.2) is 56.6 Å². The molecule has 0 bridgehead atoms. The summed E-state index contributed by atoms with van der Waals surface area (Å²) in [5, 5.41) is 1.74. The lowest BCUT2D eigenvalue weighted by molar-refractivity contribution is -0.138. The van der Waals surface area contributed by atoms with Gasteiger partial charge in [-0.25, -0.2) is 0 Å². The lowest BCUT2D eigenvalue weighted by Crippen LogP contribution is -2.41. The van der Waals surface area contributed by atoms with Crippen LogP contribution in [0.2, 0.25) is 0 Å². The highest BCUT2D eigenvalue weighted by atomic mass is 19.4. The molecule has 0 heterocycles. The van der Waals surface area contributed by atoms with Crippen LogP contribution in [0, 0.1) is 0 Å². The Hall–Kier alpha value is -2.25. The molecule has 0 aliphatic heterocycles. The molecule has 0 saturated carbocycles. The van der Waals surface area contributed by atoms with Crippen molar-refractivity contribution in [2.45, 2.75) is 25.9 Å². The van der Waals surface area contributed by atoms with Crippen molar-refractivity contribution in [1.29, 1.82) is 0 Å². The van der Waals surface area contributed by atoms with Crippen LogP contribution in [0.4, 0.5) is 18.9 Å². The number of amides is 2. The highest BCUT2D eigenvalue weighted by molar-refractivity contribution is 5.96. The Morgan fingerprint density at radius 3 is 2.24 bits per heavy atom. The van der Waals surface area contributed by atoms with Crippen molar-refractivity contribution in [3.8, 4) is 0 Å². The molecule has 0 fully saturated rings. The molecule has 1 N–H and O–H groups in total. The molecule has 0 unspecified atom stereocenters. The SMILES string of the molecule is CCCCN(C)c1ccc(C(=O)N(C)CC(=O)NCC(F)(F)F)cc1. The minimum absolute atomic E-state index is 0.374. The van der Waals surface area contributed by atoms with Crippen LogP contribution < -0.4 is 10.2 Å². The summed E-state index contributed by atoms with van der Waals surface area (Å²) in [5.74, 6) is -1.28. The number of nitrogens with zero attached hydrogens (tertiary/aromatic N) is 2. The fraction of sp³-hybridized carbons (Fsp3) is 0.529. The van der Waals surface area contributed by atoms with E-state index in [-0.39, 0.29) is 0 Å². The normalized spacial score (nSPS) is 11.1. The van der Waals surface area contributed by atoms with E-state index in [2.05, 4.69) is 11.8 Å². The first-order valence-electron chi connectivity index (χ1n) is 8.04. The molecule has 0 aliphatic rings. The first kappa shape index (κ1) is 20.8. The van der Waals surface area contributed by atoms with Crippen molar-refractivity contribution in [3.63, 3.8) is 0 Å². The summed E-state index contributed by atoms with van der Waals surface area (Å²) < 4.78 is 36.2. The lowest BCUT2D eigenvalue weighted by Gasteiger charge is -2.20. The number of hydrogen-bond acceptors (Lipinski definition) is 3. The van der Waals surface area contributed by atoms with Gasteiger partial charge in [0.05, 0.1) is 6.54 Å². The number of halogens is 3. The number of anilines is 1. The summed E-state index contributed by atoms with van der Waals surface area (Å²) in [5.41, 5.74) is 1.34. The number of likely N-dealkylation sites (N-methyl/N-ethyl adjacent to an activating group) is 1.